The lowest BCUT2D eigenvalue weighted by molar-refractivity contribution is -0.318. The Morgan fingerprint density at radius 3 is 2.22 bits per heavy atom. The van der Waals surface area contributed by atoms with E-state index in [0.717, 1.165) is 0 Å². The molecule has 18 nitrogen and oxygen atoms in total. The van der Waals surface area contributed by atoms with Crippen molar-refractivity contribution >= 4 is 17.8 Å². The summed E-state index contributed by atoms with van der Waals surface area (Å²) >= 11 is 0. The molecule has 3 aliphatic heterocycles. The minimum absolute atomic E-state index is 0.0862. The fraction of sp³-hybridized carbons (Fsp3) is 0.816. The normalized spacial score (nSPS) is 40.9. The monoisotopic (exact) mass is 954 g/mol. The van der Waals surface area contributed by atoms with Gasteiger partial charge in [0.25, 0.3) is 5.91 Å². The fourth-order valence-electron chi connectivity index (χ4n) is 10.4. The van der Waals surface area contributed by atoms with E-state index in [4.69, 9.17) is 33.2 Å². The number of carbonyl (C=O) groups excluding carboxylic acids is 3. The zero-order valence-electron chi connectivity index (χ0n) is 42.3. The third-order valence-electron chi connectivity index (χ3n) is 14.3. The van der Waals surface area contributed by atoms with E-state index >= 15 is 0 Å². The van der Waals surface area contributed by atoms with Crippen LogP contribution in [0.4, 0.5) is 0 Å². The van der Waals surface area contributed by atoms with Crippen LogP contribution in [0.3, 0.4) is 0 Å². The van der Waals surface area contributed by atoms with E-state index in [1.807, 2.05) is 37.7 Å². The summed E-state index contributed by atoms with van der Waals surface area (Å²) in [6.07, 6.45) is -8.92. The Morgan fingerprint density at radius 2 is 1.61 bits per heavy atom. The summed E-state index contributed by atoms with van der Waals surface area (Å²) in [6, 6.07) is 5.36. The van der Waals surface area contributed by atoms with Crippen LogP contribution in [0, 0.1) is 17.8 Å². The van der Waals surface area contributed by atoms with Crippen molar-refractivity contribution in [3.63, 3.8) is 0 Å². The highest BCUT2D eigenvalue weighted by Crippen LogP contribution is 2.40. The predicted octanol–water partition coefficient (Wildman–Crippen LogP) is 3.02. The van der Waals surface area contributed by atoms with Crippen molar-refractivity contribution in [2.75, 3.05) is 40.8 Å². The predicted molar refractivity (Wildman–Crippen MR) is 248 cm³/mol. The largest absolute Gasteiger partial charge is 0.459 e. The number of cyclic esters (lactones) is 1. The van der Waals surface area contributed by atoms with Gasteiger partial charge in [-0.25, -0.2) is 0 Å². The van der Waals surface area contributed by atoms with Crippen LogP contribution in [0.25, 0.3) is 0 Å². The van der Waals surface area contributed by atoms with Crippen molar-refractivity contribution in [2.24, 2.45) is 17.8 Å². The Hall–Kier alpha value is -2.85. The molecule has 3 heterocycles. The first-order valence-corrected chi connectivity index (χ1v) is 24.0. The number of methoxy groups -OCH3 is 1. The van der Waals surface area contributed by atoms with Gasteiger partial charge in [0.2, 0.25) is 0 Å². The molecular formula is C49H83N3O15. The quantitative estimate of drug-likeness (QED) is 0.0948. The zero-order valence-corrected chi connectivity index (χ0v) is 42.3. The van der Waals surface area contributed by atoms with Crippen molar-refractivity contribution in [1.82, 2.24) is 15.1 Å². The van der Waals surface area contributed by atoms with Crippen LogP contribution in [0.1, 0.15) is 119 Å². The van der Waals surface area contributed by atoms with E-state index in [9.17, 15) is 39.9 Å². The van der Waals surface area contributed by atoms with Crippen molar-refractivity contribution in [1.29, 1.82) is 0 Å². The average molecular weight is 954 g/mol. The van der Waals surface area contributed by atoms with Crippen LogP contribution >= 0.6 is 0 Å². The highest BCUT2D eigenvalue weighted by atomic mass is 16.7. The molecule has 3 fully saturated rings. The summed E-state index contributed by atoms with van der Waals surface area (Å²) in [7, 11) is 5.22. The van der Waals surface area contributed by atoms with Crippen molar-refractivity contribution in [3.8, 4) is 5.75 Å². The van der Waals surface area contributed by atoms with Crippen LogP contribution in [0.2, 0.25) is 0 Å². The number of carbonyl (C=O) groups is 3. The van der Waals surface area contributed by atoms with Gasteiger partial charge in [-0.2, -0.15) is 0 Å². The highest BCUT2D eigenvalue weighted by Gasteiger charge is 2.53. The highest BCUT2D eigenvalue weighted by molar-refractivity contribution is 5.97. The fourth-order valence-corrected chi connectivity index (χ4v) is 10.4. The molecule has 0 aliphatic carbocycles. The van der Waals surface area contributed by atoms with Gasteiger partial charge in [0.1, 0.15) is 35.8 Å². The van der Waals surface area contributed by atoms with E-state index in [2.05, 4.69) is 5.32 Å². The molecular weight excluding hydrogens is 871 g/mol. The number of aliphatic hydroxyl groups excluding tert-OH is 3. The summed E-state index contributed by atoms with van der Waals surface area (Å²) in [6.45, 7) is 19.4. The van der Waals surface area contributed by atoms with Gasteiger partial charge >= 0.3 is 11.9 Å². The molecule has 0 aromatic heterocycles. The van der Waals surface area contributed by atoms with Gasteiger partial charge in [0, 0.05) is 58.1 Å². The number of esters is 2. The number of amides is 1. The lowest BCUT2D eigenvalue weighted by atomic mass is 9.77. The van der Waals surface area contributed by atoms with Gasteiger partial charge in [-0.15, -0.1) is 0 Å². The van der Waals surface area contributed by atoms with Gasteiger partial charge in [0.15, 0.2) is 12.6 Å². The van der Waals surface area contributed by atoms with Crippen LogP contribution < -0.4 is 10.1 Å². The van der Waals surface area contributed by atoms with Crippen molar-refractivity contribution in [3.05, 3.63) is 29.8 Å². The Bertz CT molecular complexity index is 1770. The molecule has 1 aromatic rings. The molecule has 4 rings (SSSR count). The first-order chi connectivity index (χ1) is 31.2. The average Bonchev–Trinajstić information content (AvgIpc) is 3.25. The summed E-state index contributed by atoms with van der Waals surface area (Å²) < 4.78 is 43.2. The maximum Gasteiger partial charge on any atom is 0.311 e. The van der Waals surface area contributed by atoms with E-state index in [-0.39, 0.29) is 55.2 Å². The Labute approximate surface area is 397 Å². The number of para-hydroxylation sites is 1. The molecule has 0 saturated carbocycles. The molecule has 384 valence electrons. The first kappa shape index (κ1) is 56.7. The second-order valence-electron chi connectivity index (χ2n) is 20.4. The standard InChI is InChI=1S/C49H83N3O15/c1-15-37-49(11,60)41(55)31(6)52(22-18-21-50-44(57)34-19-16-17-20-36(34)64-33(8)53)26-27(2)24-47(9,59)43(67-46-39(54)35(51(12)13)23-28(3)62-46)29(4)40(30(5)45(58)65-37)66-38-25-48(10,61-14)42(56)32(7)63-38/h16-17,19-20,27-32,35,37-43,46,54-56,59-60H,15,18,21-26H2,1-14H3,(H,50,57)/t27-,28-,29+,30-,31-,32+,35+,37-,38+,39-,40+,41-,42+,43-,46+,47-,48-,49-/m1/s1. The molecule has 3 aliphatic rings. The van der Waals surface area contributed by atoms with Gasteiger partial charge in [0.05, 0.1) is 47.1 Å². The Morgan fingerprint density at radius 1 is 0.955 bits per heavy atom. The molecule has 18 heteroatoms. The minimum Gasteiger partial charge on any atom is -0.459 e. The summed E-state index contributed by atoms with van der Waals surface area (Å²) in [5, 5.41) is 62.8. The van der Waals surface area contributed by atoms with Gasteiger partial charge in [-0.3, -0.25) is 19.3 Å². The van der Waals surface area contributed by atoms with E-state index < -0.39 is 108 Å². The van der Waals surface area contributed by atoms with Crippen LogP contribution in [-0.4, -0.2) is 184 Å². The molecule has 6 N–H and O–H groups in total. The van der Waals surface area contributed by atoms with Gasteiger partial charge in [-0.05, 0) is 106 Å². The number of likely N-dealkylation sites (N-methyl/N-ethyl adjacent to an activating group) is 1. The molecule has 18 atom stereocenters. The van der Waals surface area contributed by atoms with Crippen molar-refractivity contribution < 1.29 is 73.1 Å². The number of aliphatic hydroxyl groups is 5. The SMILES string of the molecule is CC[C@H]1OC(=O)[C@H](C)[C@@H](O[C@H]2C[C@@](C)(OC)[C@@H](O)[C@H](C)O2)[C@H](C)[C@@H](O[C@@H]2O[C@H](C)C[C@H](N(C)C)[C@H]2O)[C@](C)(O)C[C@@H](C)CN(CCCNC(=O)c2ccccc2OC(C)=O)[C@H](C)[C@@H](O)[C@]1(C)O. The molecule has 0 radical (unpaired) electrons. The summed E-state index contributed by atoms with van der Waals surface area (Å²) in [4.78, 5) is 43.4. The molecule has 0 spiro atoms. The second kappa shape index (κ2) is 23.8. The van der Waals surface area contributed by atoms with Crippen molar-refractivity contribution in [2.45, 2.75) is 199 Å². The van der Waals surface area contributed by atoms with Gasteiger partial charge < -0.3 is 68.9 Å². The third kappa shape index (κ3) is 13.9. The lowest BCUT2D eigenvalue weighted by Gasteiger charge is -2.48. The Balaban J connectivity index is 1.76. The number of hydrogen-bond acceptors (Lipinski definition) is 17. The zero-order chi connectivity index (χ0) is 50.3. The number of nitrogens with zero attached hydrogens (tertiary/aromatic N) is 2. The maximum atomic E-state index is 14.5. The number of ether oxygens (including phenoxy) is 7. The molecule has 0 bridgehead atoms. The van der Waals surface area contributed by atoms with E-state index in [1.165, 1.54) is 27.0 Å². The first-order valence-electron chi connectivity index (χ1n) is 24.0. The van der Waals surface area contributed by atoms with E-state index in [1.54, 1.807) is 66.7 Å². The third-order valence-corrected chi connectivity index (χ3v) is 14.3. The smallest absolute Gasteiger partial charge is 0.311 e. The molecule has 67 heavy (non-hydrogen) atoms. The molecule has 3 saturated heterocycles. The molecule has 1 aromatic carbocycles. The number of benzene rings is 1. The molecule has 1 amide bonds. The minimum atomic E-state index is -1.95. The molecule has 0 unspecified atom stereocenters. The van der Waals surface area contributed by atoms with Crippen LogP contribution in [0.15, 0.2) is 24.3 Å². The number of rotatable bonds is 13. The van der Waals surface area contributed by atoms with E-state index in [0.29, 0.717) is 25.9 Å². The maximum absolute atomic E-state index is 14.5. The van der Waals surface area contributed by atoms with Crippen LogP contribution in [0.5, 0.6) is 5.75 Å². The second-order valence-corrected chi connectivity index (χ2v) is 20.4. The Kier molecular flexibility index (Phi) is 20.2. The number of hydrogen-bond donors (Lipinski definition) is 6. The topological polar surface area (TPSA) is 235 Å². The lowest BCUT2D eigenvalue weighted by Crippen LogP contribution is -2.60. The van der Waals surface area contributed by atoms with Gasteiger partial charge in [-0.1, -0.05) is 32.9 Å². The number of nitrogens with one attached hydrogen (secondary N) is 1. The summed E-state index contributed by atoms with van der Waals surface area (Å²) in [5.74, 6) is -3.84. The van der Waals surface area contributed by atoms with Crippen LogP contribution in [-0.2, 0) is 38.0 Å². The summed E-state index contributed by atoms with van der Waals surface area (Å²) in [5.41, 5.74) is -4.52.